The number of hydrogen-bond donors (Lipinski definition) is 1. The van der Waals surface area contributed by atoms with E-state index < -0.39 is 6.09 Å². The van der Waals surface area contributed by atoms with Crippen LogP contribution in [0.25, 0.3) is 16.8 Å². The molecule has 0 aliphatic rings. The summed E-state index contributed by atoms with van der Waals surface area (Å²) in [6, 6.07) is 20.4. The number of hydrogen-bond acceptors (Lipinski definition) is 4. The summed E-state index contributed by atoms with van der Waals surface area (Å²) in [5.41, 5.74) is 4.16. The SMILES string of the molecule is [B]c1ccc(-c2nn3ncccc3c2NC(=O)O[C@H](C)c2ccccc2)cc1. The molecule has 2 heterocycles. The number of carbonyl (C=O) groups excluding carboxylic acids is 1. The van der Waals surface area contributed by atoms with Crippen LogP contribution in [0.4, 0.5) is 10.5 Å². The van der Waals surface area contributed by atoms with Gasteiger partial charge in [-0.1, -0.05) is 60.1 Å². The van der Waals surface area contributed by atoms with E-state index >= 15 is 0 Å². The van der Waals surface area contributed by atoms with Gasteiger partial charge in [0, 0.05) is 11.8 Å². The highest BCUT2D eigenvalue weighted by molar-refractivity contribution is 6.32. The lowest BCUT2D eigenvalue weighted by Crippen LogP contribution is -2.16. The van der Waals surface area contributed by atoms with Gasteiger partial charge in [-0.2, -0.15) is 5.10 Å². The van der Waals surface area contributed by atoms with Crippen molar-refractivity contribution in [2.45, 2.75) is 13.0 Å². The largest absolute Gasteiger partial charge is 0.441 e. The molecule has 4 aromatic rings. The quantitative estimate of drug-likeness (QED) is 0.560. The van der Waals surface area contributed by atoms with E-state index in [9.17, 15) is 4.79 Å². The van der Waals surface area contributed by atoms with Gasteiger partial charge in [-0.3, -0.25) is 5.32 Å². The second kappa shape index (κ2) is 7.56. The van der Waals surface area contributed by atoms with Crippen LogP contribution in [0, 0.1) is 0 Å². The van der Waals surface area contributed by atoms with Crippen LogP contribution in [0.3, 0.4) is 0 Å². The van der Waals surface area contributed by atoms with E-state index in [0.29, 0.717) is 22.4 Å². The van der Waals surface area contributed by atoms with Gasteiger partial charge in [0.05, 0.1) is 5.69 Å². The van der Waals surface area contributed by atoms with Crippen LogP contribution in [0.1, 0.15) is 18.6 Å². The topological polar surface area (TPSA) is 68.5 Å². The molecule has 0 aliphatic heterocycles. The van der Waals surface area contributed by atoms with E-state index in [2.05, 4.69) is 15.5 Å². The third-order valence-electron chi connectivity index (χ3n) is 4.38. The molecule has 0 fully saturated rings. The Kier molecular flexibility index (Phi) is 4.80. The Bertz CT molecular complexity index is 1110. The minimum Gasteiger partial charge on any atom is -0.441 e. The molecule has 0 spiro atoms. The highest BCUT2D eigenvalue weighted by Gasteiger charge is 2.19. The number of nitrogens with zero attached hydrogens (tertiary/aromatic N) is 3. The Labute approximate surface area is 163 Å². The molecule has 28 heavy (non-hydrogen) atoms. The van der Waals surface area contributed by atoms with E-state index in [1.165, 1.54) is 4.63 Å². The molecular weight excluding hydrogens is 351 g/mol. The van der Waals surface area contributed by atoms with Crippen LogP contribution in [-0.2, 0) is 4.74 Å². The highest BCUT2D eigenvalue weighted by atomic mass is 16.6. The summed E-state index contributed by atoms with van der Waals surface area (Å²) in [5.74, 6) is 0. The van der Waals surface area contributed by atoms with Gasteiger partial charge in [-0.15, -0.1) is 9.73 Å². The summed E-state index contributed by atoms with van der Waals surface area (Å²) >= 11 is 0. The average molecular weight is 368 g/mol. The number of ether oxygens (including phenoxy) is 1. The zero-order valence-corrected chi connectivity index (χ0v) is 15.2. The second-order valence-electron chi connectivity index (χ2n) is 6.33. The molecule has 0 bridgehead atoms. The maximum Gasteiger partial charge on any atom is 0.412 e. The lowest BCUT2D eigenvalue weighted by Gasteiger charge is -2.14. The van der Waals surface area contributed by atoms with E-state index in [4.69, 9.17) is 12.6 Å². The predicted molar refractivity (Wildman–Crippen MR) is 109 cm³/mol. The Balaban J connectivity index is 1.64. The van der Waals surface area contributed by atoms with Crippen molar-refractivity contribution in [3.8, 4) is 11.3 Å². The Morgan fingerprint density at radius 1 is 1.07 bits per heavy atom. The molecule has 7 heteroatoms. The molecule has 0 saturated heterocycles. The number of benzene rings is 2. The number of carbonyl (C=O) groups is 1. The summed E-state index contributed by atoms with van der Waals surface area (Å²) in [6.45, 7) is 1.83. The van der Waals surface area contributed by atoms with Gasteiger partial charge in [0.25, 0.3) is 0 Å². The first kappa shape index (κ1) is 17.8. The van der Waals surface area contributed by atoms with Crippen molar-refractivity contribution in [2.24, 2.45) is 0 Å². The molecule has 6 nitrogen and oxygen atoms in total. The van der Waals surface area contributed by atoms with Gasteiger partial charge in [-0.05, 0) is 24.6 Å². The summed E-state index contributed by atoms with van der Waals surface area (Å²) in [7, 11) is 5.78. The van der Waals surface area contributed by atoms with Crippen LogP contribution in [0.5, 0.6) is 0 Å². The average Bonchev–Trinajstić information content (AvgIpc) is 3.07. The predicted octanol–water partition coefficient (Wildman–Crippen LogP) is 3.50. The number of nitrogens with one attached hydrogen (secondary N) is 1. The first-order valence-electron chi connectivity index (χ1n) is 8.84. The fourth-order valence-electron chi connectivity index (χ4n) is 2.94. The van der Waals surface area contributed by atoms with Crippen LogP contribution < -0.4 is 10.8 Å². The number of amides is 1. The van der Waals surface area contributed by atoms with Crippen molar-refractivity contribution >= 4 is 30.6 Å². The Morgan fingerprint density at radius 2 is 1.82 bits per heavy atom. The van der Waals surface area contributed by atoms with Crippen LogP contribution in [0.15, 0.2) is 72.9 Å². The molecule has 0 aliphatic carbocycles. The molecule has 2 radical (unpaired) electrons. The lowest BCUT2D eigenvalue weighted by molar-refractivity contribution is 0.121. The number of anilines is 1. The van der Waals surface area contributed by atoms with Crippen molar-refractivity contribution in [1.29, 1.82) is 0 Å². The zero-order chi connectivity index (χ0) is 19.5. The van der Waals surface area contributed by atoms with Gasteiger partial charge in [-0.25, -0.2) is 4.79 Å². The van der Waals surface area contributed by atoms with Crippen molar-refractivity contribution in [2.75, 3.05) is 5.32 Å². The third-order valence-corrected chi connectivity index (χ3v) is 4.38. The highest BCUT2D eigenvalue weighted by Crippen LogP contribution is 2.30. The molecule has 0 unspecified atom stereocenters. The van der Waals surface area contributed by atoms with Gasteiger partial charge >= 0.3 is 6.09 Å². The molecule has 1 amide bonds. The monoisotopic (exact) mass is 368 g/mol. The number of fused-ring (bicyclic) bond motifs is 1. The van der Waals surface area contributed by atoms with Crippen LogP contribution in [0.2, 0.25) is 0 Å². The third kappa shape index (κ3) is 3.60. The first-order chi connectivity index (χ1) is 13.6. The first-order valence-corrected chi connectivity index (χ1v) is 8.84. The molecule has 1 atom stereocenters. The van der Waals surface area contributed by atoms with Crippen LogP contribution in [-0.4, -0.2) is 28.8 Å². The summed E-state index contributed by atoms with van der Waals surface area (Å²) < 4.78 is 7.02. The van der Waals surface area contributed by atoms with Crippen molar-refractivity contribution in [3.05, 3.63) is 78.5 Å². The zero-order valence-electron chi connectivity index (χ0n) is 15.2. The van der Waals surface area contributed by atoms with E-state index in [-0.39, 0.29) is 6.10 Å². The van der Waals surface area contributed by atoms with Gasteiger partial charge in [0.15, 0.2) is 0 Å². The van der Waals surface area contributed by atoms with E-state index in [1.807, 2.05) is 55.5 Å². The van der Waals surface area contributed by atoms with Crippen molar-refractivity contribution in [3.63, 3.8) is 0 Å². The molecule has 136 valence electrons. The Morgan fingerprint density at radius 3 is 2.57 bits per heavy atom. The molecular formula is C21H17BN4O2. The van der Waals surface area contributed by atoms with E-state index in [1.54, 1.807) is 24.4 Å². The normalized spacial score (nSPS) is 11.9. The molecule has 2 aromatic carbocycles. The lowest BCUT2D eigenvalue weighted by atomic mass is 9.94. The Hall–Kier alpha value is -3.61. The summed E-state index contributed by atoms with van der Waals surface area (Å²) in [5, 5.41) is 11.5. The van der Waals surface area contributed by atoms with Crippen molar-refractivity contribution in [1.82, 2.24) is 14.8 Å². The molecule has 1 N–H and O–H groups in total. The minimum atomic E-state index is -0.563. The number of aromatic nitrogens is 3. The maximum absolute atomic E-state index is 12.6. The fraction of sp³-hybridized carbons (Fsp3) is 0.0952. The van der Waals surface area contributed by atoms with E-state index in [0.717, 1.165) is 11.1 Å². The maximum atomic E-state index is 12.6. The van der Waals surface area contributed by atoms with Crippen molar-refractivity contribution < 1.29 is 9.53 Å². The second-order valence-corrected chi connectivity index (χ2v) is 6.33. The molecule has 4 rings (SSSR count). The van der Waals surface area contributed by atoms with Gasteiger partial charge < -0.3 is 4.74 Å². The minimum absolute atomic E-state index is 0.388. The standard InChI is InChI=1S/C21H17BN4O2/c1-14(15-6-3-2-4-7-15)28-21(27)24-20-18-8-5-13-23-26(18)25-19(20)16-9-11-17(22)12-10-16/h2-14H,1H3,(H,24,27)/t14-/m1/s1. The van der Waals surface area contributed by atoms with Crippen LogP contribution >= 0.6 is 0 Å². The molecule has 0 saturated carbocycles. The van der Waals surface area contributed by atoms with Gasteiger partial charge in [0.2, 0.25) is 0 Å². The summed E-state index contributed by atoms with van der Waals surface area (Å²) in [6.07, 6.45) is 0.680. The fourth-order valence-corrected chi connectivity index (χ4v) is 2.94. The smallest absolute Gasteiger partial charge is 0.412 e. The summed E-state index contributed by atoms with van der Waals surface area (Å²) in [4.78, 5) is 12.6. The number of rotatable bonds is 4. The molecule has 2 aromatic heterocycles. The van der Waals surface area contributed by atoms with Gasteiger partial charge in [0.1, 0.15) is 25.2 Å².